The van der Waals surface area contributed by atoms with E-state index in [0.29, 0.717) is 22.8 Å². The van der Waals surface area contributed by atoms with Gasteiger partial charge >= 0.3 is 11.9 Å². The van der Waals surface area contributed by atoms with Gasteiger partial charge in [-0.2, -0.15) is 0 Å². The first-order valence-electron chi connectivity index (χ1n) is 7.95. The summed E-state index contributed by atoms with van der Waals surface area (Å²) in [7, 11) is 0. The second-order valence-corrected chi connectivity index (χ2v) is 5.35. The van der Waals surface area contributed by atoms with Crippen LogP contribution in [0.2, 0.25) is 0 Å². The Labute approximate surface area is 148 Å². The number of esters is 1. The van der Waals surface area contributed by atoms with Crippen molar-refractivity contribution < 1.29 is 19.4 Å². The number of hydrogen-bond acceptors (Lipinski definition) is 6. The fraction of sp³-hybridized carbons (Fsp3) is 0.167. The molecule has 2 heterocycles. The molecule has 0 unspecified atom stereocenters. The van der Waals surface area contributed by atoms with Crippen LogP contribution in [0.5, 0.6) is 0 Å². The lowest BCUT2D eigenvalue weighted by Crippen LogP contribution is -2.07. The quantitative estimate of drug-likeness (QED) is 0.539. The van der Waals surface area contributed by atoms with Crippen LogP contribution in [-0.4, -0.2) is 33.0 Å². The lowest BCUT2D eigenvalue weighted by atomic mass is 10.2. The third-order valence-corrected chi connectivity index (χ3v) is 3.54. The van der Waals surface area contributed by atoms with Crippen molar-refractivity contribution in [2.24, 2.45) is 10.2 Å². The number of aromatic nitrogens is 2. The van der Waals surface area contributed by atoms with Crippen LogP contribution in [0.15, 0.2) is 58.9 Å². The fourth-order valence-corrected chi connectivity index (χ4v) is 2.41. The van der Waals surface area contributed by atoms with Gasteiger partial charge in [0.2, 0.25) is 0 Å². The maximum absolute atomic E-state index is 11.8. The number of aromatic carboxylic acids is 1. The standard InChI is InChI=1S/C18H16N4O4/c1-2-26-16(23)11-14-17(22-9-4-3-8-15(22)19-14)21-20-13-7-5-6-12(10-13)18(24)25/h3-10H,2,11H2,1H3,(H,24,25). The predicted octanol–water partition coefficient (Wildman–Crippen LogP) is 3.55. The van der Waals surface area contributed by atoms with Crippen LogP contribution < -0.4 is 0 Å². The van der Waals surface area contributed by atoms with Crippen LogP contribution in [0, 0.1) is 0 Å². The van der Waals surface area contributed by atoms with Crippen LogP contribution in [-0.2, 0) is 16.0 Å². The number of carbonyl (C=O) groups is 2. The van der Waals surface area contributed by atoms with Gasteiger partial charge in [0, 0.05) is 6.20 Å². The Morgan fingerprint density at radius 1 is 1.19 bits per heavy atom. The van der Waals surface area contributed by atoms with Crippen molar-refractivity contribution in [1.82, 2.24) is 9.38 Å². The highest BCUT2D eigenvalue weighted by atomic mass is 16.5. The number of rotatable bonds is 6. The topological polar surface area (TPSA) is 106 Å². The molecule has 132 valence electrons. The number of carboxylic acids is 1. The maximum atomic E-state index is 11.8. The zero-order chi connectivity index (χ0) is 18.5. The van der Waals surface area contributed by atoms with E-state index in [1.807, 2.05) is 12.1 Å². The van der Waals surface area contributed by atoms with Gasteiger partial charge in [0.05, 0.1) is 30.0 Å². The molecule has 0 saturated carbocycles. The van der Waals surface area contributed by atoms with E-state index in [2.05, 4.69) is 15.2 Å². The van der Waals surface area contributed by atoms with Gasteiger partial charge in [-0.1, -0.05) is 12.1 Å². The summed E-state index contributed by atoms with van der Waals surface area (Å²) in [6.45, 7) is 2.02. The molecule has 0 radical (unpaired) electrons. The summed E-state index contributed by atoms with van der Waals surface area (Å²) in [6, 6.07) is 11.6. The van der Waals surface area contributed by atoms with E-state index in [-0.39, 0.29) is 18.6 Å². The van der Waals surface area contributed by atoms with Gasteiger partial charge in [0.15, 0.2) is 5.82 Å². The second-order valence-electron chi connectivity index (χ2n) is 5.35. The maximum Gasteiger partial charge on any atom is 0.335 e. The Kier molecular flexibility index (Phi) is 5.02. The molecular weight excluding hydrogens is 336 g/mol. The van der Waals surface area contributed by atoms with Crippen LogP contribution in [0.25, 0.3) is 5.65 Å². The molecule has 8 nitrogen and oxygen atoms in total. The zero-order valence-corrected chi connectivity index (χ0v) is 14.0. The van der Waals surface area contributed by atoms with Crippen molar-refractivity contribution >= 4 is 29.1 Å². The first-order chi connectivity index (χ1) is 12.6. The summed E-state index contributed by atoms with van der Waals surface area (Å²) in [5.41, 5.74) is 1.57. The SMILES string of the molecule is CCOC(=O)Cc1nc2ccccn2c1N=Nc1cccc(C(=O)O)c1. The summed E-state index contributed by atoms with van der Waals surface area (Å²) >= 11 is 0. The minimum atomic E-state index is -1.04. The number of hydrogen-bond donors (Lipinski definition) is 1. The van der Waals surface area contributed by atoms with Crippen molar-refractivity contribution in [3.05, 3.63) is 59.9 Å². The number of benzene rings is 1. The first-order valence-corrected chi connectivity index (χ1v) is 7.95. The van der Waals surface area contributed by atoms with Gasteiger partial charge in [-0.05, 0) is 37.3 Å². The average Bonchev–Trinajstić information content (AvgIpc) is 2.97. The number of carboxylic acid groups (broad SMARTS) is 1. The molecule has 0 amide bonds. The van der Waals surface area contributed by atoms with Crippen molar-refractivity contribution in [2.75, 3.05) is 6.61 Å². The normalized spacial score (nSPS) is 11.1. The Morgan fingerprint density at radius 3 is 2.81 bits per heavy atom. The molecule has 2 aromatic heterocycles. The highest BCUT2D eigenvalue weighted by Crippen LogP contribution is 2.25. The molecule has 3 aromatic rings. The second kappa shape index (κ2) is 7.56. The summed E-state index contributed by atoms with van der Waals surface area (Å²) in [4.78, 5) is 27.3. The third-order valence-electron chi connectivity index (χ3n) is 3.54. The van der Waals surface area contributed by atoms with E-state index in [1.54, 1.807) is 35.7 Å². The van der Waals surface area contributed by atoms with E-state index in [1.165, 1.54) is 12.1 Å². The van der Waals surface area contributed by atoms with Gasteiger partial charge in [-0.25, -0.2) is 9.78 Å². The summed E-state index contributed by atoms with van der Waals surface area (Å²) < 4.78 is 6.68. The number of pyridine rings is 1. The number of ether oxygens (including phenoxy) is 1. The summed E-state index contributed by atoms with van der Waals surface area (Å²) in [6.07, 6.45) is 1.73. The summed E-state index contributed by atoms with van der Waals surface area (Å²) in [5, 5.41) is 17.4. The fourth-order valence-electron chi connectivity index (χ4n) is 2.41. The molecular formula is C18H16N4O4. The Balaban J connectivity index is 1.98. The monoisotopic (exact) mass is 352 g/mol. The molecule has 0 aliphatic heterocycles. The minimum Gasteiger partial charge on any atom is -0.478 e. The number of nitrogens with zero attached hydrogens (tertiary/aromatic N) is 4. The largest absolute Gasteiger partial charge is 0.478 e. The molecule has 0 fully saturated rings. The Bertz CT molecular complexity index is 994. The lowest BCUT2D eigenvalue weighted by Gasteiger charge is -2.00. The first kappa shape index (κ1) is 17.3. The van der Waals surface area contributed by atoms with Crippen LogP contribution >= 0.6 is 0 Å². The van der Waals surface area contributed by atoms with E-state index in [9.17, 15) is 9.59 Å². The van der Waals surface area contributed by atoms with Crippen molar-refractivity contribution in [2.45, 2.75) is 13.3 Å². The van der Waals surface area contributed by atoms with Gasteiger partial charge in [0.1, 0.15) is 5.65 Å². The lowest BCUT2D eigenvalue weighted by molar-refractivity contribution is -0.142. The van der Waals surface area contributed by atoms with Crippen LogP contribution in [0.4, 0.5) is 11.5 Å². The molecule has 0 saturated heterocycles. The zero-order valence-electron chi connectivity index (χ0n) is 14.0. The smallest absolute Gasteiger partial charge is 0.335 e. The number of imidazole rings is 1. The van der Waals surface area contributed by atoms with Gasteiger partial charge < -0.3 is 9.84 Å². The molecule has 26 heavy (non-hydrogen) atoms. The average molecular weight is 352 g/mol. The number of azo groups is 1. The molecule has 0 bridgehead atoms. The molecule has 3 rings (SSSR count). The predicted molar refractivity (Wildman–Crippen MR) is 93.1 cm³/mol. The highest BCUT2D eigenvalue weighted by molar-refractivity contribution is 5.88. The third kappa shape index (κ3) is 3.75. The highest BCUT2D eigenvalue weighted by Gasteiger charge is 2.16. The molecule has 8 heteroatoms. The van der Waals surface area contributed by atoms with E-state index < -0.39 is 11.9 Å². The molecule has 1 aromatic carbocycles. The van der Waals surface area contributed by atoms with Crippen LogP contribution in [0.1, 0.15) is 23.0 Å². The molecule has 0 spiro atoms. The van der Waals surface area contributed by atoms with Gasteiger partial charge in [-0.3, -0.25) is 9.20 Å². The Hall–Kier alpha value is -3.55. The number of fused-ring (bicyclic) bond motifs is 1. The van der Waals surface area contributed by atoms with Gasteiger partial charge in [-0.15, -0.1) is 10.2 Å². The molecule has 0 aliphatic rings. The Morgan fingerprint density at radius 2 is 2.04 bits per heavy atom. The van der Waals surface area contributed by atoms with E-state index in [4.69, 9.17) is 9.84 Å². The van der Waals surface area contributed by atoms with E-state index in [0.717, 1.165) is 0 Å². The molecule has 0 aliphatic carbocycles. The van der Waals surface area contributed by atoms with Crippen molar-refractivity contribution in [3.63, 3.8) is 0 Å². The molecule has 1 N–H and O–H groups in total. The van der Waals surface area contributed by atoms with Gasteiger partial charge in [0.25, 0.3) is 0 Å². The number of carbonyl (C=O) groups excluding carboxylic acids is 1. The van der Waals surface area contributed by atoms with Crippen LogP contribution in [0.3, 0.4) is 0 Å². The minimum absolute atomic E-state index is 0.0287. The van der Waals surface area contributed by atoms with Crippen molar-refractivity contribution in [1.29, 1.82) is 0 Å². The van der Waals surface area contributed by atoms with E-state index >= 15 is 0 Å². The summed E-state index contributed by atoms with van der Waals surface area (Å²) in [5.74, 6) is -1.05. The molecule has 0 atom stereocenters. The van der Waals surface area contributed by atoms with Crippen molar-refractivity contribution in [3.8, 4) is 0 Å².